The average Bonchev–Trinajstić information content (AvgIpc) is 2.17. The quantitative estimate of drug-likeness (QED) is 0.621. The summed E-state index contributed by atoms with van der Waals surface area (Å²) >= 11 is 5.58. The van der Waals surface area contributed by atoms with Gasteiger partial charge in [-0.25, -0.2) is 4.39 Å². The summed E-state index contributed by atoms with van der Waals surface area (Å²) in [6.07, 6.45) is 0.941. The van der Waals surface area contributed by atoms with Crippen LogP contribution in [0.2, 0.25) is 5.02 Å². The van der Waals surface area contributed by atoms with Gasteiger partial charge in [0, 0.05) is 5.02 Å². The van der Waals surface area contributed by atoms with Crippen LogP contribution in [0.3, 0.4) is 0 Å². The Morgan fingerprint density at radius 1 is 1.53 bits per heavy atom. The fourth-order valence-corrected chi connectivity index (χ4v) is 1.35. The number of nitrogens with one attached hydrogen (secondary N) is 1. The van der Waals surface area contributed by atoms with Gasteiger partial charge in [-0.1, -0.05) is 18.5 Å². The van der Waals surface area contributed by atoms with Gasteiger partial charge in [0.2, 0.25) is 0 Å². The van der Waals surface area contributed by atoms with E-state index in [1.54, 1.807) is 0 Å². The van der Waals surface area contributed by atoms with Crippen LogP contribution in [0.25, 0.3) is 0 Å². The Bertz CT molecular complexity index is 354. The first-order valence-corrected chi connectivity index (χ1v) is 5.22. The summed E-state index contributed by atoms with van der Waals surface area (Å²) in [6, 6.07) is 4.07. The first-order chi connectivity index (χ1) is 7.15. The second-order valence-electron chi connectivity index (χ2n) is 3.22. The van der Waals surface area contributed by atoms with Crippen LogP contribution < -0.4 is 5.32 Å². The van der Waals surface area contributed by atoms with Crippen molar-refractivity contribution in [2.45, 2.75) is 13.3 Å². The van der Waals surface area contributed by atoms with Gasteiger partial charge in [-0.3, -0.25) is 4.79 Å². The number of ketones is 1. The van der Waals surface area contributed by atoms with Crippen molar-refractivity contribution in [1.29, 1.82) is 0 Å². The molecule has 1 N–H and O–H groups in total. The molecule has 82 valence electrons. The molecule has 0 fully saturated rings. The van der Waals surface area contributed by atoms with Crippen LogP contribution in [0.1, 0.15) is 23.7 Å². The van der Waals surface area contributed by atoms with E-state index in [-0.39, 0.29) is 17.9 Å². The predicted molar refractivity (Wildman–Crippen MR) is 58.9 cm³/mol. The maximum atomic E-state index is 13.3. The van der Waals surface area contributed by atoms with E-state index in [0.29, 0.717) is 5.02 Å². The van der Waals surface area contributed by atoms with Crippen molar-refractivity contribution in [3.8, 4) is 0 Å². The number of halogens is 2. The standard InChI is InChI=1S/C11H13ClFNO/c1-2-5-14-7-11(15)9-4-3-8(12)6-10(9)13/h3-4,6,14H,2,5,7H2,1H3. The minimum Gasteiger partial charge on any atom is -0.310 e. The third-order valence-corrected chi connectivity index (χ3v) is 2.18. The zero-order chi connectivity index (χ0) is 11.3. The lowest BCUT2D eigenvalue weighted by Crippen LogP contribution is -2.24. The summed E-state index contributed by atoms with van der Waals surface area (Å²) in [6.45, 7) is 2.91. The molecule has 15 heavy (non-hydrogen) atoms. The Balaban J connectivity index is 2.65. The number of rotatable bonds is 5. The van der Waals surface area contributed by atoms with E-state index in [0.717, 1.165) is 19.0 Å². The van der Waals surface area contributed by atoms with Crippen molar-refractivity contribution in [3.05, 3.63) is 34.6 Å². The van der Waals surface area contributed by atoms with E-state index < -0.39 is 5.82 Å². The molecule has 1 rings (SSSR count). The molecule has 0 radical (unpaired) electrons. The molecule has 0 heterocycles. The largest absolute Gasteiger partial charge is 0.310 e. The molecule has 0 unspecified atom stereocenters. The van der Waals surface area contributed by atoms with Crippen LogP contribution in [-0.4, -0.2) is 18.9 Å². The molecule has 0 aliphatic carbocycles. The minimum atomic E-state index is -0.564. The van der Waals surface area contributed by atoms with Crippen LogP contribution in [0.4, 0.5) is 4.39 Å². The van der Waals surface area contributed by atoms with Gasteiger partial charge in [-0.2, -0.15) is 0 Å². The fraction of sp³-hybridized carbons (Fsp3) is 0.364. The zero-order valence-corrected chi connectivity index (χ0v) is 9.27. The summed E-state index contributed by atoms with van der Waals surface area (Å²) in [5, 5.41) is 3.22. The Labute approximate surface area is 93.4 Å². The SMILES string of the molecule is CCCNCC(=O)c1ccc(Cl)cc1F. The molecule has 0 aliphatic heterocycles. The highest BCUT2D eigenvalue weighted by molar-refractivity contribution is 6.30. The van der Waals surface area contributed by atoms with Gasteiger partial charge in [-0.15, -0.1) is 0 Å². The monoisotopic (exact) mass is 229 g/mol. The van der Waals surface area contributed by atoms with Crippen molar-refractivity contribution in [1.82, 2.24) is 5.32 Å². The third-order valence-electron chi connectivity index (χ3n) is 1.94. The Kier molecular flexibility index (Phi) is 4.72. The number of benzene rings is 1. The summed E-state index contributed by atoms with van der Waals surface area (Å²) < 4.78 is 13.3. The third kappa shape index (κ3) is 3.61. The predicted octanol–water partition coefficient (Wildman–Crippen LogP) is 2.66. The van der Waals surface area contributed by atoms with Crippen molar-refractivity contribution >= 4 is 17.4 Å². The number of hydrogen-bond donors (Lipinski definition) is 1. The maximum absolute atomic E-state index is 13.3. The lowest BCUT2D eigenvalue weighted by Gasteiger charge is -2.04. The topological polar surface area (TPSA) is 29.1 Å². The van der Waals surface area contributed by atoms with Crippen LogP contribution >= 0.6 is 11.6 Å². The lowest BCUT2D eigenvalue weighted by atomic mass is 10.1. The van der Waals surface area contributed by atoms with E-state index in [4.69, 9.17) is 11.6 Å². The molecule has 0 atom stereocenters. The van der Waals surface area contributed by atoms with E-state index in [1.807, 2.05) is 6.92 Å². The molecule has 1 aromatic rings. The molecule has 2 nitrogen and oxygen atoms in total. The first kappa shape index (κ1) is 12.1. The van der Waals surface area contributed by atoms with Crippen LogP contribution in [-0.2, 0) is 0 Å². The van der Waals surface area contributed by atoms with Gasteiger partial charge in [0.25, 0.3) is 0 Å². The van der Waals surface area contributed by atoms with E-state index >= 15 is 0 Å². The molecular formula is C11H13ClFNO. The van der Waals surface area contributed by atoms with Gasteiger partial charge in [-0.05, 0) is 31.2 Å². The van der Waals surface area contributed by atoms with Gasteiger partial charge in [0.15, 0.2) is 5.78 Å². The van der Waals surface area contributed by atoms with Crippen LogP contribution in [0.15, 0.2) is 18.2 Å². The van der Waals surface area contributed by atoms with Crippen molar-refractivity contribution in [2.24, 2.45) is 0 Å². The van der Waals surface area contributed by atoms with Gasteiger partial charge in [0.1, 0.15) is 5.82 Å². The van der Waals surface area contributed by atoms with Crippen LogP contribution in [0, 0.1) is 5.82 Å². The minimum absolute atomic E-state index is 0.0861. The van der Waals surface area contributed by atoms with E-state index in [1.165, 1.54) is 12.1 Å². The van der Waals surface area contributed by atoms with Gasteiger partial charge in [0.05, 0.1) is 12.1 Å². The van der Waals surface area contributed by atoms with Gasteiger partial charge < -0.3 is 5.32 Å². The van der Waals surface area contributed by atoms with E-state index in [9.17, 15) is 9.18 Å². The molecule has 0 aliphatic rings. The van der Waals surface area contributed by atoms with Crippen LogP contribution in [0.5, 0.6) is 0 Å². The lowest BCUT2D eigenvalue weighted by molar-refractivity contribution is 0.0987. The van der Waals surface area contributed by atoms with Crippen molar-refractivity contribution in [2.75, 3.05) is 13.1 Å². The summed E-state index contributed by atoms with van der Waals surface area (Å²) in [5.41, 5.74) is 0.0861. The summed E-state index contributed by atoms with van der Waals surface area (Å²) in [7, 11) is 0. The molecule has 1 aromatic carbocycles. The molecule has 0 saturated heterocycles. The molecule has 4 heteroatoms. The van der Waals surface area contributed by atoms with E-state index in [2.05, 4.69) is 5.32 Å². The number of hydrogen-bond acceptors (Lipinski definition) is 2. The second kappa shape index (κ2) is 5.83. The number of Topliss-reactive ketones (excluding diaryl/α,β-unsaturated/α-hetero) is 1. The smallest absolute Gasteiger partial charge is 0.179 e. The highest BCUT2D eigenvalue weighted by Crippen LogP contribution is 2.14. The molecule has 0 aromatic heterocycles. The highest BCUT2D eigenvalue weighted by atomic mass is 35.5. The first-order valence-electron chi connectivity index (χ1n) is 4.84. The fourth-order valence-electron chi connectivity index (χ4n) is 1.19. The molecule has 0 bridgehead atoms. The molecule has 0 spiro atoms. The Hall–Kier alpha value is -0.930. The second-order valence-corrected chi connectivity index (χ2v) is 3.66. The van der Waals surface area contributed by atoms with Crippen molar-refractivity contribution < 1.29 is 9.18 Å². The normalized spacial score (nSPS) is 10.3. The molecule has 0 saturated carbocycles. The zero-order valence-electron chi connectivity index (χ0n) is 8.52. The van der Waals surface area contributed by atoms with Crippen molar-refractivity contribution in [3.63, 3.8) is 0 Å². The average molecular weight is 230 g/mol. The molecule has 0 amide bonds. The number of carbonyl (C=O) groups is 1. The summed E-state index contributed by atoms with van der Waals surface area (Å²) in [4.78, 5) is 11.5. The maximum Gasteiger partial charge on any atom is 0.179 e. The Morgan fingerprint density at radius 3 is 2.87 bits per heavy atom. The highest BCUT2D eigenvalue weighted by Gasteiger charge is 2.10. The molecular weight excluding hydrogens is 217 g/mol. The Morgan fingerprint density at radius 2 is 2.27 bits per heavy atom. The van der Waals surface area contributed by atoms with Gasteiger partial charge >= 0.3 is 0 Å². The summed E-state index contributed by atoms with van der Waals surface area (Å²) in [5.74, 6) is -0.816. The number of carbonyl (C=O) groups excluding carboxylic acids is 1.